The Labute approximate surface area is 103 Å². The highest BCUT2D eigenvalue weighted by molar-refractivity contribution is 5.75. The van der Waals surface area contributed by atoms with Gasteiger partial charge in [-0.25, -0.2) is 0 Å². The van der Waals surface area contributed by atoms with E-state index in [4.69, 9.17) is 5.73 Å². The maximum Gasteiger partial charge on any atom is 0.231 e. The average molecular weight is 234 g/mol. The van der Waals surface area contributed by atoms with Crippen molar-refractivity contribution in [2.24, 2.45) is 5.73 Å². The highest BCUT2D eigenvalue weighted by Crippen LogP contribution is 2.22. The van der Waals surface area contributed by atoms with E-state index in [1.54, 1.807) is 0 Å². The second-order valence-corrected chi connectivity index (χ2v) is 5.00. The maximum atomic E-state index is 10.7. The zero-order chi connectivity index (χ0) is 12.9. The fourth-order valence-corrected chi connectivity index (χ4v) is 1.79. The van der Waals surface area contributed by atoms with Crippen molar-refractivity contribution in [2.45, 2.75) is 32.6 Å². The number of hydrogen-bond acceptors (Lipinski definition) is 2. The van der Waals surface area contributed by atoms with Crippen molar-refractivity contribution in [1.29, 1.82) is 0 Å². The summed E-state index contributed by atoms with van der Waals surface area (Å²) in [4.78, 5) is 10.7. The van der Waals surface area contributed by atoms with Crippen LogP contribution in [0.5, 0.6) is 0 Å². The maximum absolute atomic E-state index is 10.7. The Hall–Kier alpha value is -1.35. The highest BCUT2D eigenvalue weighted by atomic mass is 16.1. The van der Waals surface area contributed by atoms with Gasteiger partial charge in [-0.3, -0.25) is 4.79 Å². The van der Waals surface area contributed by atoms with Crippen LogP contribution in [-0.4, -0.2) is 19.0 Å². The monoisotopic (exact) mass is 234 g/mol. The smallest absolute Gasteiger partial charge is 0.231 e. The van der Waals surface area contributed by atoms with Crippen LogP contribution in [0, 0.1) is 0 Å². The number of carbonyl (C=O) groups is 1. The van der Waals surface area contributed by atoms with Gasteiger partial charge in [0.2, 0.25) is 5.91 Å². The minimum absolute atomic E-state index is 0.00171. The van der Waals surface area contributed by atoms with Crippen LogP contribution >= 0.6 is 0 Å². The molecule has 0 heterocycles. The number of primary amides is 1. The van der Waals surface area contributed by atoms with Crippen molar-refractivity contribution < 1.29 is 4.79 Å². The number of nitrogens with two attached hydrogens (primary N) is 1. The molecule has 0 aliphatic rings. The Kier molecular flexibility index (Phi) is 4.70. The number of rotatable bonds is 6. The minimum Gasteiger partial charge on any atom is -0.369 e. The molecule has 1 aromatic rings. The number of carbonyl (C=O) groups excluding carboxylic acids is 1. The molecule has 0 fully saturated rings. The predicted molar refractivity (Wildman–Crippen MR) is 70.9 cm³/mol. The molecule has 0 aliphatic carbocycles. The molecule has 0 atom stereocenters. The van der Waals surface area contributed by atoms with Crippen LogP contribution in [0.4, 0.5) is 0 Å². The molecule has 3 heteroatoms. The Bertz CT molecular complexity index is 368. The van der Waals surface area contributed by atoms with Gasteiger partial charge in [0.25, 0.3) is 0 Å². The fraction of sp³-hybridized carbons (Fsp3) is 0.500. The van der Waals surface area contributed by atoms with E-state index in [0.29, 0.717) is 0 Å². The van der Waals surface area contributed by atoms with E-state index in [2.05, 4.69) is 50.4 Å². The fourth-order valence-electron chi connectivity index (χ4n) is 1.79. The van der Waals surface area contributed by atoms with Gasteiger partial charge < -0.3 is 11.1 Å². The first-order valence-corrected chi connectivity index (χ1v) is 6.04. The summed E-state index contributed by atoms with van der Waals surface area (Å²) in [7, 11) is 0. The Morgan fingerprint density at radius 1 is 1.29 bits per heavy atom. The van der Waals surface area contributed by atoms with Gasteiger partial charge in [0, 0.05) is 12.0 Å². The Morgan fingerprint density at radius 3 is 2.35 bits per heavy atom. The summed E-state index contributed by atoms with van der Waals surface area (Å²) in [6.45, 7) is 7.43. The lowest BCUT2D eigenvalue weighted by molar-refractivity contribution is -0.117. The van der Waals surface area contributed by atoms with E-state index in [-0.39, 0.29) is 17.9 Å². The molecule has 3 N–H and O–H groups in total. The standard InChI is InChI=1S/C14H22N2O/c1-4-11-5-7-12(8-6-11)14(2,3)10-16-9-13(15)17/h5-8,16H,4,9-10H2,1-3H3,(H2,15,17). The molecule has 0 saturated carbocycles. The van der Waals surface area contributed by atoms with Gasteiger partial charge >= 0.3 is 0 Å². The number of hydrogen-bond donors (Lipinski definition) is 2. The molecule has 0 saturated heterocycles. The summed E-state index contributed by atoms with van der Waals surface area (Å²) in [5.41, 5.74) is 7.71. The highest BCUT2D eigenvalue weighted by Gasteiger charge is 2.19. The zero-order valence-electron chi connectivity index (χ0n) is 10.9. The van der Waals surface area contributed by atoms with Gasteiger partial charge in [0.1, 0.15) is 0 Å². The molecule has 0 aromatic heterocycles. The van der Waals surface area contributed by atoms with Crippen LogP contribution in [0.3, 0.4) is 0 Å². The van der Waals surface area contributed by atoms with Gasteiger partial charge in [-0.2, -0.15) is 0 Å². The van der Waals surface area contributed by atoms with E-state index in [0.717, 1.165) is 13.0 Å². The molecule has 0 unspecified atom stereocenters. The van der Waals surface area contributed by atoms with Crippen LogP contribution in [0.1, 0.15) is 31.9 Å². The molecule has 0 spiro atoms. The van der Waals surface area contributed by atoms with Crippen LogP contribution < -0.4 is 11.1 Å². The largest absolute Gasteiger partial charge is 0.369 e. The van der Waals surface area contributed by atoms with Gasteiger partial charge in [-0.05, 0) is 17.5 Å². The molecule has 1 rings (SSSR count). The zero-order valence-corrected chi connectivity index (χ0v) is 10.9. The molecule has 0 aliphatic heterocycles. The molecule has 17 heavy (non-hydrogen) atoms. The number of nitrogens with one attached hydrogen (secondary N) is 1. The third kappa shape index (κ3) is 4.19. The molecule has 0 radical (unpaired) electrons. The molecular formula is C14H22N2O. The predicted octanol–water partition coefficient (Wildman–Crippen LogP) is 1.60. The van der Waals surface area contributed by atoms with Gasteiger partial charge in [-0.15, -0.1) is 0 Å². The second kappa shape index (κ2) is 5.82. The van der Waals surface area contributed by atoms with Crippen LogP contribution in [0.15, 0.2) is 24.3 Å². The lowest BCUT2D eigenvalue weighted by Crippen LogP contribution is -2.37. The van der Waals surface area contributed by atoms with Crippen molar-refractivity contribution in [3.63, 3.8) is 0 Å². The van der Waals surface area contributed by atoms with Crippen LogP contribution in [0.25, 0.3) is 0 Å². The Balaban J connectivity index is 2.64. The van der Waals surface area contributed by atoms with Crippen molar-refractivity contribution in [3.05, 3.63) is 35.4 Å². The summed E-state index contributed by atoms with van der Waals surface area (Å²) in [6.07, 6.45) is 1.06. The van der Waals surface area contributed by atoms with Crippen molar-refractivity contribution in [2.75, 3.05) is 13.1 Å². The van der Waals surface area contributed by atoms with E-state index in [1.165, 1.54) is 11.1 Å². The van der Waals surface area contributed by atoms with E-state index in [1.807, 2.05) is 0 Å². The first-order chi connectivity index (χ1) is 7.95. The topological polar surface area (TPSA) is 55.1 Å². The van der Waals surface area contributed by atoms with Crippen LogP contribution in [-0.2, 0) is 16.6 Å². The van der Waals surface area contributed by atoms with Gasteiger partial charge in [-0.1, -0.05) is 45.0 Å². The third-order valence-corrected chi connectivity index (χ3v) is 3.01. The Morgan fingerprint density at radius 2 is 1.88 bits per heavy atom. The average Bonchev–Trinajstić information content (AvgIpc) is 2.28. The molecule has 1 aromatic carbocycles. The van der Waals surface area contributed by atoms with E-state index >= 15 is 0 Å². The molecule has 94 valence electrons. The number of amides is 1. The third-order valence-electron chi connectivity index (χ3n) is 3.01. The molecule has 0 bridgehead atoms. The lowest BCUT2D eigenvalue weighted by atomic mass is 9.84. The first-order valence-electron chi connectivity index (χ1n) is 6.04. The summed E-state index contributed by atoms with van der Waals surface area (Å²) in [5, 5.41) is 3.08. The molecular weight excluding hydrogens is 212 g/mol. The van der Waals surface area contributed by atoms with Gasteiger partial charge in [0.15, 0.2) is 0 Å². The van der Waals surface area contributed by atoms with Crippen molar-refractivity contribution >= 4 is 5.91 Å². The number of benzene rings is 1. The SMILES string of the molecule is CCc1ccc(C(C)(C)CNCC(N)=O)cc1. The summed E-state index contributed by atoms with van der Waals surface area (Å²) in [5.74, 6) is -0.317. The minimum atomic E-state index is -0.317. The van der Waals surface area contributed by atoms with E-state index < -0.39 is 0 Å². The summed E-state index contributed by atoms with van der Waals surface area (Å²) < 4.78 is 0. The quantitative estimate of drug-likeness (QED) is 0.785. The van der Waals surface area contributed by atoms with Crippen LogP contribution in [0.2, 0.25) is 0 Å². The van der Waals surface area contributed by atoms with Gasteiger partial charge in [0.05, 0.1) is 6.54 Å². The lowest BCUT2D eigenvalue weighted by Gasteiger charge is -2.25. The molecule has 1 amide bonds. The summed E-state index contributed by atoms with van der Waals surface area (Å²) >= 11 is 0. The number of aryl methyl sites for hydroxylation is 1. The van der Waals surface area contributed by atoms with Crippen molar-refractivity contribution in [3.8, 4) is 0 Å². The first kappa shape index (κ1) is 13.7. The molecule has 3 nitrogen and oxygen atoms in total. The van der Waals surface area contributed by atoms with Crippen molar-refractivity contribution in [1.82, 2.24) is 5.32 Å². The van der Waals surface area contributed by atoms with E-state index in [9.17, 15) is 4.79 Å². The second-order valence-electron chi connectivity index (χ2n) is 5.00. The summed E-state index contributed by atoms with van der Waals surface area (Å²) in [6, 6.07) is 8.63. The normalized spacial score (nSPS) is 11.5.